The average Bonchev–Trinajstić information content (AvgIpc) is 2.65. The highest BCUT2D eigenvalue weighted by atomic mass is 35.5. The van der Waals surface area contributed by atoms with Gasteiger partial charge in [0.25, 0.3) is 5.91 Å². The van der Waals surface area contributed by atoms with Crippen LogP contribution in [0.2, 0.25) is 5.02 Å². The van der Waals surface area contributed by atoms with Gasteiger partial charge in [-0.3, -0.25) is 20.4 Å². The molecule has 0 aliphatic rings. The SMILES string of the molecule is CCC(=O)NNC(=O)c1cc(-c2ccc(Cl)cc2)nc2ccccc12. The van der Waals surface area contributed by atoms with Gasteiger partial charge in [0.15, 0.2) is 0 Å². The van der Waals surface area contributed by atoms with E-state index in [-0.39, 0.29) is 12.3 Å². The zero-order valence-corrected chi connectivity index (χ0v) is 14.3. The summed E-state index contributed by atoms with van der Waals surface area (Å²) < 4.78 is 0. The summed E-state index contributed by atoms with van der Waals surface area (Å²) in [6, 6.07) is 16.3. The molecule has 0 aliphatic carbocycles. The first-order valence-electron chi connectivity index (χ1n) is 7.83. The number of carbonyl (C=O) groups is 2. The van der Waals surface area contributed by atoms with E-state index in [1.54, 1.807) is 25.1 Å². The van der Waals surface area contributed by atoms with Crippen molar-refractivity contribution in [2.75, 3.05) is 0 Å². The third kappa shape index (κ3) is 3.78. The van der Waals surface area contributed by atoms with Crippen LogP contribution in [0.15, 0.2) is 54.6 Å². The molecule has 0 saturated carbocycles. The van der Waals surface area contributed by atoms with Crippen LogP contribution in [-0.2, 0) is 4.79 Å². The van der Waals surface area contributed by atoms with Crippen LogP contribution in [0.1, 0.15) is 23.7 Å². The van der Waals surface area contributed by atoms with Gasteiger partial charge in [-0.2, -0.15) is 0 Å². The molecule has 25 heavy (non-hydrogen) atoms. The number of pyridine rings is 1. The zero-order valence-electron chi connectivity index (χ0n) is 13.5. The molecule has 0 radical (unpaired) electrons. The number of benzene rings is 2. The fraction of sp³-hybridized carbons (Fsp3) is 0.105. The number of halogens is 1. The van der Waals surface area contributed by atoms with Gasteiger partial charge < -0.3 is 0 Å². The zero-order chi connectivity index (χ0) is 17.8. The van der Waals surface area contributed by atoms with E-state index in [1.165, 1.54) is 0 Å². The minimum atomic E-state index is -0.393. The molecule has 2 aromatic carbocycles. The van der Waals surface area contributed by atoms with Gasteiger partial charge in [-0.05, 0) is 24.3 Å². The van der Waals surface area contributed by atoms with Crippen molar-refractivity contribution in [2.24, 2.45) is 0 Å². The van der Waals surface area contributed by atoms with Gasteiger partial charge in [-0.1, -0.05) is 48.9 Å². The molecule has 0 atom stereocenters. The number of aromatic nitrogens is 1. The molecule has 2 amide bonds. The Bertz CT molecular complexity index is 939. The molecule has 0 aliphatic heterocycles. The fourth-order valence-electron chi connectivity index (χ4n) is 2.41. The number of nitrogens with zero attached hydrogens (tertiary/aromatic N) is 1. The third-order valence-corrected chi connectivity index (χ3v) is 3.99. The minimum Gasteiger partial charge on any atom is -0.273 e. The summed E-state index contributed by atoms with van der Waals surface area (Å²) in [5.74, 6) is -0.653. The Morgan fingerprint density at radius 2 is 1.76 bits per heavy atom. The highest BCUT2D eigenvalue weighted by molar-refractivity contribution is 6.30. The highest BCUT2D eigenvalue weighted by Crippen LogP contribution is 2.25. The lowest BCUT2D eigenvalue weighted by atomic mass is 10.0. The molecule has 0 bridgehead atoms. The number of fused-ring (bicyclic) bond motifs is 1. The standard InChI is InChI=1S/C19H16ClN3O2/c1-2-18(24)22-23-19(25)15-11-17(12-7-9-13(20)10-8-12)21-16-6-4-3-5-14(15)16/h3-11H,2H2,1H3,(H,22,24)(H,23,25). The van der Waals surface area contributed by atoms with Gasteiger partial charge in [0.05, 0.1) is 16.8 Å². The number of nitrogens with one attached hydrogen (secondary N) is 2. The van der Waals surface area contributed by atoms with Crippen LogP contribution in [0.3, 0.4) is 0 Å². The molecule has 3 aromatic rings. The van der Waals surface area contributed by atoms with Crippen molar-refractivity contribution >= 4 is 34.3 Å². The van der Waals surface area contributed by atoms with Gasteiger partial charge in [0.2, 0.25) is 5.91 Å². The number of carbonyl (C=O) groups excluding carboxylic acids is 2. The van der Waals surface area contributed by atoms with E-state index in [4.69, 9.17) is 11.6 Å². The van der Waals surface area contributed by atoms with Crippen LogP contribution in [0.25, 0.3) is 22.2 Å². The van der Waals surface area contributed by atoms with E-state index in [9.17, 15) is 9.59 Å². The summed E-state index contributed by atoms with van der Waals surface area (Å²) in [6.07, 6.45) is 0.285. The summed E-state index contributed by atoms with van der Waals surface area (Å²) >= 11 is 5.94. The Morgan fingerprint density at radius 3 is 2.48 bits per heavy atom. The molecule has 0 spiro atoms. The van der Waals surface area contributed by atoms with Crippen LogP contribution in [0, 0.1) is 0 Å². The van der Waals surface area contributed by atoms with Crippen molar-refractivity contribution in [1.29, 1.82) is 0 Å². The molecular weight excluding hydrogens is 338 g/mol. The van der Waals surface area contributed by atoms with Crippen LogP contribution in [-0.4, -0.2) is 16.8 Å². The van der Waals surface area contributed by atoms with E-state index in [0.29, 0.717) is 27.2 Å². The van der Waals surface area contributed by atoms with Crippen molar-refractivity contribution in [3.63, 3.8) is 0 Å². The Morgan fingerprint density at radius 1 is 1.04 bits per heavy atom. The lowest BCUT2D eigenvalue weighted by Crippen LogP contribution is -2.41. The summed E-state index contributed by atoms with van der Waals surface area (Å²) in [6.45, 7) is 1.71. The number of amides is 2. The molecule has 1 aromatic heterocycles. The predicted octanol–water partition coefficient (Wildman–Crippen LogP) is 3.73. The second-order valence-corrected chi connectivity index (χ2v) is 5.87. The Balaban J connectivity index is 2.05. The van der Waals surface area contributed by atoms with Crippen molar-refractivity contribution in [3.05, 3.63) is 65.2 Å². The van der Waals surface area contributed by atoms with Crippen LogP contribution < -0.4 is 10.9 Å². The maximum Gasteiger partial charge on any atom is 0.270 e. The lowest BCUT2D eigenvalue weighted by Gasteiger charge is -2.11. The van der Waals surface area contributed by atoms with Gasteiger partial charge in [-0.25, -0.2) is 4.98 Å². The minimum absolute atomic E-state index is 0.260. The monoisotopic (exact) mass is 353 g/mol. The molecule has 5 nitrogen and oxygen atoms in total. The largest absolute Gasteiger partial charge is 0.273 e. The molecule has 0 unspecified atom stereocenters. The van der Waals surface area contributed by atoms with Gasteiger partial charge in [-0.15, -0.1) is 0 Å². The van der Waals surface area contributed by atoms with E-state index >= 15 is 0 Å². The molecular formula is C19H16ClN3O2. The lowest BCUT2D eigenvalue weighted by molar-refractivity contribution is -0.121. The van der Waals surface area contributed by atoms with E-state index < -0.39 is 5.91 Å². The topological polar surface area (TPSA) is 71.1 Å². The van der Waals surface area contributed by atoms with Crippen LogP contribution >= 0.6 is 11.6 Å². The molecule has 0 saturated heterocycles. The Kier molecular flexibility index (Phi) is 4.95. The molecule has 2 N–H and O–H groups in total. The molecule has 3 rings (SSSR count). The first kappa shape index (κ1) is 16.9. The average molecular weight is 354 g/mol. The van der Waals surface area contributed by atoms with Crippen LogP contribution in [0.4, 0.5) is 0 Å². The van der Waals surface area contributed by atoms with Gasteiger partial charge >= 0.3 is 0 Å². The van der Waals surface area contributed by atoms with Gasteiger partial charge in [0.1, 0.15) is 0 Å². The predicted molar refractivity (Wildman–Crippen MR) is 98.1 cm³/mol. The maximum absolute atomic E-state index is 12.5. The normalized spacial score (nSPS) is 10.5. The smallest absolute Gasteiger partial charge is 0.270 e. The first-order valence-corrected chi connectivity index (χ1v) is 8.21. The quantitative estimate of drug-likeness (QED) is 0.705. The van der Waals surface area contributed by atoms with Crippen molar-refractivity contribution in [2.45, 2.75) is 13.3 Å². The van der Waals surface area contributed by atoms with E-state index in [1.807, 2.05) is 36.4 Å². The van der Waals surface area contributed by atoms with E-state index in [0.717, 1.165) is 5.56 Å². The fourth-order valence-corrected chi connectivity index (χ4v) is 2.54. The second kappa shape index (κ2) is 7.32. The van der Waals surface area contributed by atoms with Crippen LogP contribution in [0.5, 0.6) is 0 Å². The molecule has 1 heterocycles. The molecule has 126 valence electrons. The van der Waals surface area contributed by atoms with Gasteiger partial charge in [0, 0.05) is 22.4 Å². The Hall–Kier alpha value is -2.92. The summed E-state index contributed by atoms with van der Waals surface area (Å²) in [5.41, 5.74) is 7.46. The maximum atomic E-state index is 12.5. The number of hydrogen-bond donors (Lipinski definition) is 2. The second-order valence-electron chi connectivity index (χ2n) is 5.43. The third-order valence-electron chi connectivity index (χ3n) is 3.74. The van der Waals surface area contributed by atoms with E-state index in [2.05, 4.69) is 15.8 Å². The van der Waals surface area contributed by atoms with Crippen molar-refractivity contribution in [1.82, 2.24) is 15.8 Å². The summed E-state index contributed by atoms with van der Waals surface area (Å²) in [4.78, 5) is 28.5. The summed E-state index contributed by atoms with van der Waals surface area (Å²) in [7, 11) is 0. The van der Waals surface area contributed by atoms with Crippen molar-refractivity contribution < 1.29 is 9.59 Å². The number of hydrazine groups is 1. The van der Waals surface area contributed by atoms with Crippen molar-refractivity contribution in [3.8, 4) is 11.3 Å². The number of rotatable bonds is 3. The molecule has 0 fully saturated rings. The first-order chi connectivity index (χ1) is 12.1. The number of hydrogen-bond acceptors (Lipinski definition) is 3. The number of para-hydroxylation sites is 1. The summed E-state index contributed by atoms with van der Waals surface area (Å²) in [5, 5.41) is 1.34. The highest BCUT2D eigenvalue weighted by Gasteiger charge is 2.14. The Labute approximate surface area is 150 Å². The molecule has 6 heteroatoms.